The Morgan fingerprint density at radius 1 is 1.83 bits per heavy atom. The standard InChI is InChI=1S/C6H8BrN3O2/c1-2-3-9-6(7)5(4-8-9)10(11)12/h4H,2-3H2,1H3. The lowest BCUT2D eigenvalue weighted by Gasteiger charge is -1.97. The summed E-state index contributed by atoms with van der Waals surface area (Å²) in [4.78, 5) is 9.91. The predicted molar refractivity (Wildman–Crippen MR) is 46.9 cm³/mol. The molecule has 0 radical (unpaired) electrons. The number of hydrogen-bond acceptors (Lipinski definition) is 3. The minimum absolute atomic E-state index is 0.0171. The van der Waals surface area contributed by atoms with Crippen LogP contribution < -0.4 is 0 Å². The van der Waals surface area contributed by atoms with Crippen LogP contribution in [0.5, 0.6) is 0 Å². The van der Waals surface area contributed by atoms with Crippen LogP contribution in [0.2, 0.25) is 0 Å². The van der Waals surface area contributed by atoms with Crippen molar-refractivity contribution in [1.29, 1.82) is 0 Å². The van der Waals surface area contributed by atoms with Gasteiger partial charge in [-0.15, -0.1) is 0 Å². The lowest BCUT2D eigenvalue weighted by molar-refractivity contribution is -0.385. The van der Waals surface area contributed by atoms with Gasteiger partial charge in [0.1, 0.15) is 6.20 Å². The molecule has 0 N–H and O–H groups in total. The lowest BCUT2D eigenvalue weighted by atomic mass is 10.5. The van der Waals surface area contributed by atoms with Crippen molar-refractivity contribution in [2.75, 3.05) is 0 Å². The molecule has 0 unspecified atom stereocenters. The summed E-state index contributed by atoms with van der Waals surface area (Å²) in [6, 6.07) is 0. The summed E-state index contributed by atoms with van der Waals surface area (Å²) in [5, 5.41) is 14.2. The van der Waals surface area contributed by atoms with Crippen LogP contribution in [0, 0.1) is 10.1 Å². The Morgan fingerprint density at radius 3 is 2.92 bits per heavy atom. The van der Waals surface area contributed by atoms with E-state index in [1.165, 1.54) is 6.20 Å². The molecule has 0 amide bonds. The molecule has 0 bridgehead atoms. The quantitative estimate of drug-likeness (QED) is 0.593. The van der Waals surface area contributed by atoms with Gasteiger partial charge in [-0.1, -0.05) is 6.92 Å². The molecule has 1 heterocycles. The molecule has 5 nitrogen and oxygen atoms in total. The average Bonchev–Trinajstić information content (AvgIpc) is 2.34. The van der Waals surface area contributed by atoms with Crippen molar-refractivity contribution in [2.24, 2.45) is 0 Å². The molecule has 0 saturated carbocycles. The van der Waals surface area contributed by atoms with Gasteiger partial charge in [-0.3, -0.25) is 14.8 Å². The van der Waals surface area contributed by atoms with Gasteiger partial charge in [-0.05, 0) is 22.4 Å². The zero-order valence-corrected chi connectivity index (χ0v) is 8.11. The van der Waals surface area contributed by atoms with Crippen molar-refractivity contribution in [3.63, 3.8) is 0 Å². The maximum Gasteiger partial charge on any atom is 0.321 e. The fourth-order valence-corrected chi connectivity index (χ4v) is 1.37. The molecule has 12 heavy (non-hydrogen) atoms. The first-order valence-corrected chi connectivity index (χ1v) is 4.31. The first-order valence-electron chi connectivity index (χ1n) is 3.52. The fourth-order valence-electron chi connectivity index (χ4n) is 0.851. The summed E-state index contributed by atoms with van der Waals surface area (Å²) in [5.74, 6) is 0. The Kier molecular flexibility index (Phi) is 2.80. The Labute approximate surface area is 77.7 Å². The van der Waals surface area contributed by atoms with E-state index < -0.39 is 4.92 Å². The summed E-state index contributed by atoms with van der Waals surface area (Å²) < 4.78 is 2.01. The SMILES string of the molecule is CCCn1ncc([N+](=O)[O-])c1Br. The van der Waals surface area contributed by atoms with Gasteiger partial charge in [0.25, 0.3) is 0 Å². The van der Waals surface area contributed by atoms with Crippen LogP contribution in [-0.2, 0) is 6.54 Å². The molecule has 1 aromatic rings. The highest BCUT2D eigenvalue weighted by Gasteiger charge is 2.16. The number of nitrogens with zero attached hydrogens (tertiary/aromatic N) is 3. The second-order valence-electron chi connectivity index (χ2n) is 2.30. The minimum atomic E-state index is -0.455. The van der Waals surface area contributed by atoms with Crippen LogP contribution in [-0.4, -0.2) is 14.7 Å². The van der Waals surface area contributed by atoms with E-state index in [4.69, 9.17) is 0 Å². The number of nitro groups is 1. The lowest BCUT2D eigenvalue weighted by Crippen LogP contribution is -1.98. The fraction of sp³-hybridized carbons (Fsp3) is 0.500. The highest BCUT2D eigenvalue weighted by molar-refractivity contribution is 9.10. The molecule has 6 heteroatoms. The smallest absolute Gasteiger partial charge is 0.258 e. The third kappa shape index (κ3) is 1.63. The van der Waals surface area contributed by atoms with Gasteiger partial charge in [-0.2, -0.15) is 5.10 Å². The maximum atomic E-state index is 10.4. The van der Waals surface area contributed by atoms with Crippen LogP contribution in [0.25, 0.3) is 0 Å². The van der Waals surface area contributed by atoms with E-state index in [0.29, 0.717) is 11.1 Å². The van der Waals surface area contributed by atoms with Crippen molar-refractivity contribution < 1.29 is 4.92 Å². The zero-order valence-electron chi connectivity index (χ0n) is 6.53. The third-order valence-corrected chi connectivity index (χ3v) is 2.21. The second kappa shape index (κ2) is 3.66. The van der Waals surface area contributed by atoms with Crippen molar-refractivity contribution in [2.45, 2.75) is 19.9 Å². The van der Waals surface area contributed by atoms with Crippen LogP contribution in [0.15, 0.2) is 10.8 Å². The van der Waals surface area contributed by atoms with Gasteiger partial charge in [0.05, 0.1) is 4.92 Å². The van der Waals surface area contributed by atoms with Crippen LogP contribution in [0.4, 0.5) is 5.69 Å². The number of aromatic nitrogens is 2. The number of aryl methyl sites for hydroxylation is 1. The Hall–Kier alpha value is -0.910. The Morgan fingerprint density at radius 2 is 2.50 bits per heavy atom. The molecule has 0 fully saturated rings. The molecule has 1 aromatic heterocycles. The highest BCUT2D eigenvalue weighted by atomic mass is 79.9. The first-order chi connectivity index (χ1) is 5.66. The number of halogens is 1. The maximum absolute atomic E-state index is 10.4. The van der Waals surface area contributed by atoms with Crippen molar-refractivity contribution in [1.82, 2.24) is 9.78 Å². The van der Waals surface area contributed by atoms with Crippen molar-refractivity contribution in [3.8, 4) is 0 Å². The minimum Gasteiger partial charge on any atom is -0.258 e. The Bertz CT molecular complexity index is 297. The molecule has 66 valence electrons. The monoisotopic (exact) mass is 233 g/mol. The van der Waals surface area contributed by atoms with Gasteiger partial charge >= 0.3 is 5.69 Å². The second-order valence-corrected chi connectivity index (χ2v) is 3.05. The van der Waals surface area contributed by atoms with E-state index in [1.807, 2.05) is 6.92 Å². The van der Waals surface area contributed by atoms with Crippen LogP contribution in [0.1, 0.15) is 13.3 Å². The normalized spacial score (nSPS) is 10.2. The molecule has 0 aromatic carbocycles. The van der Waals surface area contributed by atoms with Crippen LogP contribution >= 0.6 is 15.9 Å². The number of hydrogen-bond donors (Lipinski definition) is 0. The van der Waals surface area contributed by atoms with E-state index in [2.05, 4.69) is 21.0 Å². The first kappa shape index (κ1) is 9.18. The molecular formula is C6H8BrN3O2. The summed E-state index contributed by atoms with van der Waals surface area (Å²) in [7, 11) is 0. The molecule has 0 spiro atoms. The highest BCUT2D eigenvalue weighted by Crippen LogP contribution is 2.23. The van der Waals surface area contributed by atoms with Gasteiger partial charge in [-0.25, -0.2) is 0 Å². The molecule has 0 atom stereocenters. The van der Waals surface area contributed by atoms with E-state index in [9.17, 15) is 10.1 Å². The summed E-state index contributed by atoms with van der Waals surface area (Å²) in [5.41, 5.74) is 0.0171. The zero-order chi connectivity index (χ0) is 9.14. The largest absolute Gasteiger partial charge is 0.321 e. The van der Waals surface area contributed by atoms with Gasteiger partial charge in [0, 0.05) is 6.54 Å². The molecule has 0 aliphatic rings. The topological polar surface area (TPSA) is 61.0 Å². The van der Waals surface area contributed by atoms with Gasteiger partial charge < -0.3 is 0 Å². The van der Waals surface area contributed by atoms with Gasteiger partial charge in [0.15, 0.2) is 4.60 Å². The van der Waals surface area contributed by atoms with Gasteiger partial charge in [0.2, 0.25) is 0 Å². The molecule has 0 aliphatic carbocycles. The summed E-state index contributed by atoms with van der Waals surface area (Å²) in [6.07, 6.45) is 2.15. The number of rotatable bonds is 3. The van der Waals surface area contributed by atoms with E-state index in [0.717, 1.165) is 6.42 Å². The van der Waals surface area contributed by atoms with E-state index >= 15 is 0 Å². The van der Waals surface area contributed by atoms with Crippen molar-refractivity contribution in [3.05, 3.63) is 20.9 Å². The molecule has 0 aliphatic heterocycles. The molecule has 1 rings (SSSR count). The molecule has 0 saturated heterocycles. The van der Waals surface area contributed by atoms with E-state index in [-0.39, 0.29) is 5.69 Å². The average molecular weight is 234 g/mol. The predicted octanol–water partition coefficient (Wildman–Crippen LogP) is 1.96. The Balaban J connectivity index is 2.96. The third-order valence-electron chi connectivity index (χ3n) is 1.39. The summed E-state index contributed by atoms with van der Waals surface area (Å²) in [6.45, 7) is 2.67. The molecular weight excluding hydrogens is 226 g/mol. The van der Waals surface area contributed by atoms with E-state index in [1.54, 1.807) is 4.68 Å². The van der Waals surface area contributed by atoms with Crippen LogP contribution in [0.3, 0.4) is 0 Å². The summed E-state index contributed by atoms with van der Waals surface area (Å²) >= 11 is 3.11. The van der Waals surface area contributed by atoms with Crippen molar-refractivity contribution >= 4 is 21.6 Å².